The molecule has 0 bridgehead atoms. The number of urea groups is 1. The number of nitrogens with one attached hydrogen (secondary N) is 1. The van der Waals surface area contributed by atoms with Gasteiger partial charge < -0.3 is 10.2 Å². The minimum Gasteiger partial charge on any atom is -0.335 e. The molecule has 3 rings (SSSR count). The van der Waals surface area contributed by atoms with E-state index >= 15 is 0 Å². The van der Waals surface area contributed by atoms with Crippen LogP contribution in [-0.2, 0) is 13.0 Å². The van der Waals surface area contributed by atoms with Crippen molar-refractivity contribution in [2.45, 2.75) is 51.1 Å². The molecule has 0 aliphatic heterocycles. The summed E-state index contributed by atoms with van der Waals surface area (Å²) < 4.78 is 0. The first-order chi connectivity index (χ1) is 12.7. The summed E-state index contributed by atoms with van der Waals surface area (Å²) in [7, 11) is 0. The van der Waals surface area contributed by atoms with Crippen LogP contribution in [0.3, 0.4) is 0 Å². The lowest BCUT2D eigenvalue weighted by Crippen LogP contribution is -2.45. The van der Waals surface area contributed by atoms with E-state index in [-0.39, 0.29) is 6.03 Å². The Bertz CT molecular complexity index is 684. The van der Waals surface area contributed by atoms with Crippen molar-refractivity contribution in [1.29, 1.82) is 0 Å². The van der Waals surface area contributed by atoms with Crippen molar-refractivity contribution in [2.75, 3.05) is 6.54 Å². The first-order valence-electron chi connectivity index (χ1n) is 9.40. The number of pyridine rings is 1. The van der Waals surface area contributed by atoms with Gasteiger partial charge in [-0.3, -0.25) is 4.98 Å². The van der Waals surface area contributed by atoms with Crippen molar-refractivity contribution < 1.29 is 4.79 Å². The van der Waals surface area contributed by atoms with Crippen LogP contribution >= 0.6 is 11.6 Å². The normalized spacial score (nSPS) is 14.8. The minimum absolute atomic E-state index is 0.0165. The molecule has 1 fully saturated rings. The van der Waals surface area contributed by atoms with Crippen molar-refractivity contribution in [2.24, 2.45) is 0 Å². The molecular formula is C21H26ClN3O. The molecule has 0 unspecified atom stereocenters. The summed E-state index contributed by atoms with van der Waals surface area (Å²) in [4.78, 5) is 19.1. The number of hydrogen-bond acceptors (Lipinski definition) is 2. The van der Waals surface area contributed by atoms with E-state index in [4.69, 9.17) is 11.6 Å². The molecule has 138 valence electrons. The number of halogens is 1. The van der Waals surface area contributed by atoms with E-state index in [1.165, 1.54) is 19.3 Å². The summed E-state index contributed by atoms with van der Waals surface area (Å²) in [6.07, 6.45) is 8.39. The van der Waals surface area contributed by atoms with Gasteiger partial charge >= 0.3 is 6.03 Å². The molecule has 5 heteroatoms. The maximum absolute atomic E-state index is 12.9. The highest BCUT2D eigenvalue weighted by molar-refractivity contribution is 6.30. The minimum atomic E-state index is 0.0165. The van der Waals surface area contributed by atoms with Gasteiger partial charge in [0.1, 0.15) is 0 Å². The van der Waals surface area contributed by atoms with Crippen LogP contribution < -0.4 is 5.32 Å². The Labute approximate surface area is 160 Å². The maximum atomic E-state index is 12.9. The van der Waals surface area contributed by atoms with Gasteiger partial charge in [0, 0.05) is 42.5 Å². The smallest absolute Gasteiger partial charge is 0.317 e. The number of carbonyl (C=O) groups is 1. The van der Waals surface area contributed by atoms with E-state index in [0.29, 0.717) is 24.2 Å². The average molecular weight is 372 g/mol. The van der Waals surface area contributed by atoms with Gasteiger partial charge in [0.25, 0.3) is 0 Å². The molecule has 2 amide bonds. The average Bonchev–Trinajstić information content (AvgIpc) is 2.68. The van der Waals surface area contributed by atoms with Crippen LogP contribution in [0.15, 0.2) is 48.7 Å². The van der Waals surface area contributed by atoms with E-state index < -0.39 is 0 Å². The lowest BCUT2D eigenvalue weighted by Gasteiger charge is -2.28. The van der Waals surface area contributed by atoms with Crippen LogP contribution in [0.25, 0.3) is 0 Å². The molecule has 0 atom stereocenters. The van der Waals surface area contributed by atoms with Gasteiger partial charge in [0.05, 0.1) is 0 Å². The number of aromatic nitrogens is 1. The molecule has 1 aromatic carbocycles. The van der Waals surface area contributed by atoms with Gasteiger partial charge in [-0.15, -0.1) is 0 Å². The molecule has 1 heterocycles. The Morgan fingerprint density at radius 1 is 1.12 bits per heavy atom. The summed E-state index contributed by atoms with van der Waals surface area (Å²) in [5.41, 5.74) is 2.08. The molecule has 1 N–H and O–H groups in total. The van der Waals surface area contributed by atoms with Gasteiger partial charge in [-0.25, -0.2) is 4.79 Å². The van der Waals surface area contributed by atoms with E-state index in [9.17, 15) is 4.79 Å². The lowest BCUT2D eigenvalue weighted by atomic mass is 9.96. The summed E-state index contributed by atoms with van der Waals surface area (Å²) >= 11 is 5.98. The van der Waals surface area contributed by atoms with Crippen LogP contribution in [0.1, 0.15) is 43.4 Å². The molecule has 1 aliphatic carbocycles. The van der Waals surface area contributed by atoms with Gasteiger partial charge in [-0.05, 0) is 42.7 Å². The van der Waals surface area contributed by atoms with E-state index in [0.717, 1.165) is 30.5 Å². The first kappa shape index (κ1) is 18.7. The van der Waals surface area contributed by atoms with Gasteiger partial charge in [0.2, 0.25) is 0 Å². The molecule has 1 saturated carbocycles. The number of nitrogens with zero attached hydrogens (tertiary/aromatic N) is 2. The highest BCUT2D eigenvalue weighted by Gasteiger charge is 2.20. The number of hydrogen-bond donors (Lipinski definition) is 1. The highest BCUT2D eigenvalue weighted by atomic mass is 35.5. The van der Waals surface area contributed by atoms with E-state index in [2.05, 4.69) is 10.3 Å². The number of carbonyl (C=O) groups excluding carboxylic acids is 1. The van der Waals surface area contributed by atoms with Crippen LogP contribution in [-0.4, -0.2) is 28.5 Å². The molecule has 1 aromatic heterocycles. The summed E-state index contributed by atoms with van der Waals surface area (Å²) in [6, 6.07) is 13.9. The first-order valence-corrected chi connectivity index (χ1v) is 9.78. The number of benzene rings is 1. The van der Waals surface area contributed by atoms with Crippen LogP contribution in [0, 0.1) is 0 Å². The molecule has 0 saturated heterocycles. The van der Waals surface area contributed by atoms with Crippen molar-refractivity contribution >= 4 is 17.6 Å². The summed E-state index contributed by atoms with van der Waals surface area (Å²) in [5, 5.41) is 3.94. The fourth-order valence-corrected chi connectivity index (χ4v) is 3.50. The highest BCUT2D eigenvalue weighted by Crippen LogP contribution is 2.18. The number of amides is 2. The quantitative estimate of drug-likeness (QED) is 0.791. The van der Waals surface area contributed by atoms with Gasteiger partial charge in [0.15, 0.2) is 0 Å². The zero-order valence-corrected chi connectivity index (χ0v) is 15.8. The zero-order valence-electron chi connectivity index (χ0n) is 15.0. The second kappa shape index (κ2) is 9.58. The summed E-state index contributed by atoms with van der Waals surface area (Å²) in [6.45, 7) is 1.21. The maximum Gasteiger partial charge on any atom is 0.317 e. The molecule has 1 aliphatic rings. The van der Waals surface area contributed by atoms with Crippen LogP contribution in [0.2, 0.25) is 5.02 Å². The standard InChI is InChI=1S/C21H26ClN3O/c22-18-11-9-17(10-12-18)16-25(15-13-19-6-4-5-14-23-19)21(26)24-20-7-2-1-3-8-20/h4-6,9-12,14,20H,1-3,7-8,13,15-16H2,(H,24,26). The third-order valence-electron chi connectivity index (χ3n) is 4.87. The monoisotopic (exact) mass is 371 g/mol. The summed E-state index contributed by atoms with van der Waals surface area (Å²) in [5.74, 6) is 0. The molecule has 26 heavy (non-hydrogen) atoms. The molecule has 0 radical (unpaired) electrons. The third kappa shape index (κ3) is 5.73. The predicted octanol–water partition coefficient (Wildman–Crippen LogP) is 4.82. The molecule has 0 spiro atoms. The largest absolute Gasteiger partial charge is 0.335 e. The van der Waals surface area contributed by atoms with Crippen molar-refractivity contribution in [1.82, 2.24) is 15.2 Å². The van der Waals surface area contributed by atoms with Crippen molar-refractivity contribution in [3.63, 3.8) is 0 Å². The lowest BCUT2D eigenvalue weighted by molar-refractivity contribution is 0.187. The Balaban J connectivity index is 1.64. The molecule has 4 nitrogen and oxygen atoms in total. The Morgan fingerprint density at radius 2 is 1.88 bits per heavy atom. The SMILES string of the molecule is O=C(NC1CCCCC1)N(CCc1ccccn1)Cc1ccc(Cl)cc1. The second-order valence-corrected chi connectivity index (χ2v) is 7.34. The van der Waals surface area contributed by atoms with Crippen molar-refractivity contribution in [3.05, 3.63) is 64.9 Å². The molecular weight excluding hydrogens is 346 g/mol. The fraction of sp³-hybridized carbons (Fsp3) is 0.429. The van der Waals surface area contributed by atoms with Gasteiger partial charge in [-0.1, -0.05) is 49.1 Å². The Morgan fingerprint density at radius 3 is 2.58 bits per heavy atom. The van der Waals surface area contributed by atoms with Crippen LogP contribution in [0.5, 0.6) is 0 Å². The fourth-order valence-electron chi connectivity index (χ4n) is 3.37. The molecule has 2 aromatic rings. The third-order valence-corrected chi connectivity index (χ3v) is 5.12. The Hall–Kier alpha value is -2.07. The number of rotatable bonds is 6. The van der Waals surface area contributed by atoms with E-state index in [1.54, 1.807) is 6.20 Å². The Kier molecular flexibility index (Phi) is 6.89. The topological polar surface area (TPSA) is 45.2 Å². The van der Waals surface area contributed by atoms with Crippen LogP contribution in [0.4, 0.5) is 4.79 Å². The van der Waals surface area contributed by atoms with Gasteiger partial charge in [-0.2, -0.15) is 0 Å². The zero-order chi connectivity index (χ0) is 18.2. The second-order valence-electron chi connectivity index (χ2n) is 6.90. The van der Waals surface area contributed by atoms with E-state index in [1.807, 2.05) is 47.4 Å². The predicted molar refractivity (Wildman–Crippen MR) is 105 cm³/mol. The van der Waals surface area contributed by atoms with Crippen molar-refractivity contribution in [3.8, 4) is 0 Å².